The maximum atomic E-state index is 5.95. The number of benzene rings is 2. The molecule has 0 spiro atoms. The predicted molar refractivity (Wildman–Crippen MR) is 87.4 cm³/mol. The Bertz CT molecular complexity index is 571. The number of hydrogen-bond donors (Lipinski definition) is 1. The van der Waals surface area contributed by atoms with Crippen LogP contribution in [0.3, 0.4) is 0 Å². The highest BCUT2D eigenvalue weighted by atomic mass is 79.9. The van der Waals surface area contributed by atoms with Gasteiger partial charge in [-0.1, -0.05) is 45.7 Å². The van der Waals surface area contributed by atoms with Crippen molar-refractivity contribution in [1.29, 1.82) is 0 Å². The average molecular weight is 355 g/mol. The van der Waals surface area contributed by atoms with E-state index in [1.165, 1.54) is 0 Å². The number of nitrogens with one attached hydrogen (secondary N) is 1. The maximum Gasteiger partial charge on any atom is 0.125 e. The second-order valence-corrected chi connectivity index (χ2v) is 5.96. The quantitative estimate of drug-likeness (QED) is 0.819. The van der Waals surface area contributed by atoms with Crippen LogP contribution in [0.2, 0.25) is 5.02 Å². The van der Waals surface area contributed by atoms with Gasteiger partial charge in [-0.3, -0.25) is 0 Å². The highest BCUT2D eigenvalue weighted by Crippen LogP contribution is 2.29. The van der Waals surface area contributed by atoms with Crippen molar-refractivity contribution in [2.24, 2.45) is 0 Å². The van der Waals surface area contributed by atoms with Crippen molar-refractivity contribution >= 4 is 27.5 Å². The van der Waals surface area contributed by atoms with Gasteiger partial charge in [-0.15, -0.1) is 0 Å². The van der Waals surface area contributed by atoms with E-state index in [1.807, 2.05) is 43.4 Å². The van der Waals surface area contributed by atoms with Crippen molar-refractivity contribution < 1.29 is 4.74 Å². The van der Waals surface area contributed by atoms with Gasteiger partial charge in [-0.2, -0.15) is 0 Å². The average Bonchev–Trinajstić information content (AvgIpc) is 2.46. The number of hydrogen-bond acceptors (Lipinski definition) is 2. The van der Waals surface area contributed by atoms with Gasteiger partial charge in [0.25, 0.3) is 0 Å². The van der Waals surface area contributed by atoms with Crippen LogP contribution in [-0.4, -0.2) is 7.05 Å². The van der Waals surface area contributed by atoms with Crippen molar-refractivity contribution in [1.82, 2.24) is 5.32 Å². The third-order valence-corrected chi connectivity index (χ3v) is 3.93. The van der Waals surface area contributed by atoms with E-state index in [4.69, 9.17) is 16.3 Å². The molecule has 1 N–H and O–H groups in total. The Kier molecular flexibility index (Phi) is 5.46. The Balaban J connectivity index is 2.15. The third kappa shape index (κ3) is 3.98. The van der Waals surface area contributed by atoms with Gasteiger partial charge in [-0.05, 0) is 43.8 Å². The molecule has 0 radical (unpaired) electrons. The molecular weight excluding hydrogens is 338 g/mol. The molecule has 0 aliphatic heterocycles. The lowest BCUT2D eigenvalue weighted by Gasteiger charge is -2.17. The summed E-state index contributed by atoms with van der Waals surface area (Å²) in [7, 11) is 1.94. The van der Waals surface area contributed by atoms with E-state index in [2.05, 4.69) is 34.2 Å². The summed E-state index contributed by atoms with van der Waals surface area (Å²) in [6.45, 7) is 2.63. The molecule has 1 atom stereocenters. The van der Waals surface area contributed by atoms with Crippen molar-refractivity contribution in [2.45, 2.75) is 19.6 Å². The molecule has 0 bridgehead atoms. The summed E-state index contributed by atoms with van der Waals surface area (Å²) in [6.07, 6.45) is 0. The molecule has 4 heteroatoms. The van der Waals surface area contributed by atoms with Gasteiger partial charge in [0.05, 0.1) is 0 Å². The van der Waals surface area contributed by atoms with E-state index < -0.39 is 0 Å². The van der Waals surface area contributed by atoms with Gasteiger partial charge in [0, 0.05) is 21.1 Å². The first-order valence-electron chi connectivity index (χ1n) is 6.44. The highest BCUT2D eigenvalue weighted by molar-refractivity contribution is 9.10. The molecule has 1 unspecified atom stereocenters. The minimum Gasteiger partial charge on any atom is -0.489 e. The minimum atomic E-state index is 0.239. The van der Waals surface area contributed by atoms with Crippen LogP contribution in [0.1, 0.15) is 24.1 Å². The third-order valence-electron chi connectivity index (χ3n) is 3.18. The summed E-state index contributed by atoms with van der Waals surface area (Å²) in [5.74, 6) is 0.885. The molecule has 0 fully saturated rings. The first-order valence-corrected chi connectivity index (χ1v) is 7.61. The lowest BCUT2D eigenvalue weighted by Crippen LogP contribution is -2.13. The largest absolute Gasteiger partial charge is 0.489 e. The molecule has 2 nitrogen and oxygen atoms in total. The van der Waals surface area contributed by atoms with Crippen LogP contribution in [0.25, 0.3) is 0 Å². The van der Waals surface area contributed by atoms with Crippen LogP contribution in [0.15, 0.2) is 46.9 Å². The maximum absolute atomic E-state index is 5.95. The normalized spacial score (nSPS) is 12.2. The van der Waals surface area contributed by atoms with Gasteiger partial charge in [0.15, 0.2) is 0 Å². The fourth-order valence-electron chi connectivity index (χ4n) is 1.89. The molecule has 0 aromatic heterocycles. The summed E-state index contributed by atoms with van der Waals surface area (Å²) < 4.78 is 6.96. The van der Waals surface area contributed by atoms with Crippen LogP contribution in [-0.2, 0) is 6.61 Å². The van der Waals surface area contributed by atoms with Gasteiger partial charge in [-0.25, -0.2) is 0 Å². The lowest BCUT2D eigenvalue weighted by molar-refractivity contribution is 0.300. The second kappa shape index (κ2) is 7.11. The van der Waals surface area contributed by atoms with E-state index in [0.717, 1.165) is 26.4 Å². The standard InChI is InChI=1S/C16H17BrClNO/c1-11(19-2)15-8-5-13(17)9-16(15)20-10-12-3-6-14(18)7-4-12/h3-9,11,19H,10H2,1-2H3. The van der Waals surface area contributed by atoms with Crippen LogP contribution in [0, 0.1) is 0 Å². The molecule has 2 aromatic rings. The van der Waals surface area contributed by atoms with Crippen molar-refractivity contribution in [2.75, 3.05) is 7.05 Å². The molecule has 0 aliphatic rings. The van der Waals surface area contributed by atoms with E-state index >= 15 is 0 Å². The van der Waals surface area contributed by atoms with Crippen LogP contribution in [0.4, 0.5) is 0 Å². The second-order valence-electron chi connectivity index (χ2n) is 4.61. The Morgan fingerprint density at radius 3 is 2.55 bits per heavy atom. The van der Waals surface area contributed by atoms with Crippen LogP contribution < -0.4 is 10.1 Å². The zero-order valence-electron chi connectivity index (χ0n) is 11.5. The summed E-state index contributed by atoms with van der Waals surface area (Å²) in [6, 6.07) is 14.0. The molecule has 2 rings (SSSR count). The van der Waals surface area contributed by atoms with Gasteiger partial charge < -0.3 is 10.1 Å². The fourth-order valence-corrected chi connectivity index (χ4v) is 2.35. The summed E-state index contributed by atoms with van der Waals surface area (Å²) in [4.78, 5) is 0. The monoisotopic (exact) mass is 353 g/mol. The first-order chi connectivity index (χ1) is 9.60. The fraction of sp³-hybridized carbons (Fsp3) is 0.250. The zero-order valence-corrected chi connectivity index (χ0v) is 13.8. The molecule has 0 saturated carbocycles. The smallest absolute Gasteiger partial charge is 0.125 e. The predicted octanol–water partition coefficient (Wildman–Crippen LogP) is 4.96. The number of rotatable bonds is 5. The summed E-state index contributed by atoms with van der Waals surface area (Å²) >= 11 is 9.37. The zero-order chi connectivity index (χ0) is 14.5. The van der Waals surface area contributed by atoms with E-state index in [-0.39, 0.29) is 6.04 Å². The SMILES string of the molecule is CNC(C)c1ccc(Br)cc1OCc1ccc(Cl)cc1. The topological polar surface area (TPSA) is 21.3 Å². The molecular formula is C16H17BrClNO. The van der Waals surface area contributed by atoms with Crippen molar-refractivity contribution in [3.63, 3.8) is 0 Å². The molecule has 106 valence electrons. The molecule has 0 aliphatic carbocycles. The molecule has 0 heterocycles. The number of ether oxygens (including phenoxy) is 1. The van der Waals surface area contributed by atoms with Crippen LogP contribution >= 0.6 is 27.5 Å². The van der Waals surface area contributed by atoms with Gasteiger partial charge in [0.1, 0.15) is 12.4 Å². The first kappa shape index (κ1) is 15.4. The highest BCUT2D eigenvalue weighted by Gasteiger charge is 2.10. The lowest BCUT2D eigenvalue weighted by atomic mass is 10.1. The van der Waals surface area contributed by atoms with E-state index in [9.17, 15) is 0 Å². The summed E-state index contributed by atoms with van der Waals surface area (Å²) in [5.41, 5.74) is 2.24. The Labute approximate surface area is 133 Å². The Hall–Kier alpha value is -1.03. The Morgan fingerprint density at radius 2 is 1.90 bits per heavy atom. The van der Waals surface area contributed by atoms with Gasteiger partial charge >= 0.3 is 0 Å². The summed E-state index contributed by atoms with van der Waals surface area (Å²) in [5, 5.41) is 3.97. The minimum absolute atomic E-state index is 0.239. The molecule has 0 saturated heterocycles. The van der Waals surface area contributed by atoms with E-state index in [1.54, 1.807) is 0 Å². The molecule has 20 heavy (non-hydrogen) atoms. The van der Waals surface area contributed by atoms with Crippen LogP contribution in [0.5, 0.6) is 5.75 Å². The van der Waals surface area contributed by atoms with Crippen molar-refractivity contribution in [3.05, 3.63) is 63.1 Å². The number of halogens is 2. The van der Waals surface area contributed by atoms with E-state index in [0.29, 0.717) is 6.61 Å². The van der Waals surface area contributed by atoms with Gasteiger partial charge in [0.2, 0.25) is 0 Å². The molecule has 2 aromatic carbocycles. The Morgan fingerprint density at radius 1 is 1.20 bits per heavy atom. The van der Waals surface area contributed by atoms with Crippen molar-refractivity contribution in [3.8, 4) is 5.75 Å². The molecule has 0 amide bonds.